The summed E-state index contributed by atoms with van der Waals surface area (Å²) in [6.07, 6.45) is 0. The van der Waals surface area contributed by atoms with Crippen LogP contribution in [0, 0.1) is 19.8 Å². The fraction of sp³-hybridized carbons (Fsp3) is 0.647. The van der Waals surface area contributed by atoms with Crippen LogP contribution in [0.2, 0.25) is 0 Å². The number of hydrogen-bond acceptors (Lipinski definition) is 3. The lowest BCUT2D eigenvalue weighted by Gasteiger charge is -2.35. The molecular formula is C17H27N3O2. The van der Waals surface area contributed by atoms with Crippen LogP contribution in [-0.2, 0) is 11.8 Å². The van der Waals surface area contributed by atoms with Gasteiger partial charge in [-0.15, -0.1) is 0 Å². The summed E-state index contributed by atoms with van der Waals surface area (Å²) < 4.78 is 2.05. The Morgan fingerprint density at radius 3 is 2.18 bits per heavy atom. The molecule has 22 heavy (non-hydrogen) atoms. The third-order valence-corrected chi connectivity index (χ3v) is 4.62. The van der Waals surface area contributed by atoms with Gasteiger partial charge in [-0.3, -0.25) is 14.5 Å². The van der Waals surface area contributed by atoms with Gasteiger partial charge in [-0.05, 0) is 19.9 Å². The predicted molar refractivity (Wildman–Crippen MR) is 87.1 cm³/mol. The Hall–Kier alpha value is -1.62. The summed E-state index contributed by atoms with van der Waals surface area (Å²) in [7, 11) is 1.98. The molecule has 1 saturated heterocycles. The second-order valence-electron chi connectivity index (χ2n) is 6.52. The predicted octanol–water partition coefficient (Wildman–Crippen LogP) is 1.62. The van der Waals surface area contributed by atoms with E-state index in [1.165, 1.54) is 0 Å². The monoisotopic (exact) mass is 305 g/mol. The summed E-state index contributed by atoms with van der Waals surface area (Å²) in [5.74, 6) is 0.425. The van der Waals surface area contributed by atoms with Crippen LogP contribution >= 0.6 is 0 Å². The molecule has 0 unspecified atom stereocenters. The minimum Gasteiger partial charge on any atom is -0.351 e. The zero-order valence-corrected chi connectivity index (χ0v) is 14.3. The highest BCUT2D eigenvalue weighted by molar-refractivity contribution is 5.99. The molecular weight excluding hydrogens is 278 g/mol. The number of amides is 1. The SMILES string of the molecule is Cc1cc(C(=O)CN2CCN(C(=O)C(C)C)CC2)c(C)n1C. The van der Waals surface area contributed by atoms with Crippen LogP contribution in [0.1, 0.15) is 35.6 Å². The fourth-order valence-electron chi connectivity index (χ4n) is 2.92. The maximum Gasteiger partial charge on any atom is 0.225 e. The van der Waals surface area contributed by atoms with E-state index in [2.05, 4.69) is 4.90 Å². The molecule has 0 atom stereocenters. The standard InChI is InChI=1S/C17H27N3O2/c1-12(2)17(22)20-8-6-19(7-9-20)11-16(21)15-10-13(3)18(5)14(15)4/h10,12H,6-9,11H2,1-5H3. The molecule has 0 saturated carbocycles. The first kappa shape index (κ1) is 16.7. The van der Waals surface area contributed by atoms with Gasteiger partial charge in [-0.2, -0.15) is 0 Å². The lowest BCUT2D eigenvalue weighted by atomic mass is 10.1. The summed E-state index contributed by atoms with van der Waals surface area (Å²) in [5.41, 5.74) is 2.95. The summed E-state index contributed by atoms with van der Waals surface area (Å²) >= 11 is 0. The van der Waals surface area contributed by atoms with Gasteiger partial charge < -0.3 is 9.47 Å². The van der Waals surface area contributed by atoms with E-state index in [1.54, 1.807) is 0 Å². The van der Waals surface area contributed by atoms with Crippen LogP contribution < -0.4 is 0 Å². The Labute approximate surface area is 132 Å². The van der Waals surface area contributed by atoms with Crippen molar-refractivity contribution >= 4 is 11.7 Å². The van der Waals surface area contributed by atoms with Crippen molar-refractivity contribution in [2.24, 2.45) is 13.0 Å². The number of rotatable bonds is 4. The zero-order valence-electron chi connectivity index (χ0n) is 14.3. The molecule has 1 aromatic heterocycles. The van der Waals surface area contributed by atoms with E-state index in [4.69, 9.17) is 0 Å². The van der Waals surface area contributed by atoms with Gasteiger partial charge in [0.1, 0.15) is 0 Å². The average molecular weight is 305 g/mol. The number of carbonyl (C=O) groups excluding carboxylic acids is 2. The Kier molecular flexibility index (Phi) is 5.06. The van der Waals surface area contributed by atoms with E-state index < -0.39 is 0 Å². The van der Waals surface area contributed by atoms with Gasteiger partial charge in [-0.25, -0.2) is 0 Å². The lowest BCUT2D eigenvalue weighted by molar-refractivity contribution is -0.136. The number of aromatic nitrogens is 1. The topological polar surface area (TPSA) is 45.6 Å². The summed E-state index contributed by atoms with van der Waals surface area (Å²) in [6, 6.07) is 1.97. The molecule has 0 radical (unpaired) electrons. The molecule has 1 aromatic rings. The van der Waals surface area contributed by atoms with E-state index in [9.17, 15) is 9.59 Å². The Bertz CT molecular complexity index is 567. The second-order valence-corrected chi connectivity index (χ2v) is 6.52. The summed E-state index contributed by atoms with van der Waals surface area (Å²) in [6.45, 7) is 11.3. The van der Waals surface area contributed by atoms with Gasteiger partial charge in [0, 0.05) is 56.1 Å². The van der Waals surface area contributed by atoms with E-state index >= 15 is 0 Å². The van der Waals surface area contributed by atoms with Crippen molar-refractivity contribution in [3.63, 3.8) is 0 Å². The van der Waals surface area contributed by atoms with Crippen molar-refractivity contribution < 1.29 is 9.59 Å². The number of aryl methyl sites for hydroxylation is 1. The van der Waals surface area contributed by atoms with Crippen LogP contribution in [-0.4, -0.2) is 58.8 Å². The zero-order chi connectivity index (χ0) is 16.4. The molecule has 5 nitrogen and oxygen atoms in total. The quantitative estimate of drug-likeness (QED) is 0.794. The van der Waals surface area contributed by atoms with Crippen molar-refractivity contribution in [3.8, 4) is 0 Å². The smallest absolute Gasteiger partial charge is 0.225 e. The van der Waals surface area contributed by atoms with Crippen molar-refractivity contribution in [2.45, 2.75) is 27.7 Å². The number of piperazine rings is 1. The second kappa shape index (κ2) is 6.65. The van der Waals surface area contributed by atoms with Crippen molar-refractivity contribution in [3.05, 3.63) is 23.0 Å². The third kappa shape index (κ3) is 3.40. The average Bonchev–Trinajstić information content (AvgIpc) is 2.75. The number of ketones is 1. The molecule has 0 aromatic carbocycles. The van der Waals surface area contributed by atoms with Crippen LogP contribution in [0.4, 0.5) is 0 Å². The third-order valence-electron chi connectivity index (χ3n) is 4.62. The molecule has 1 amide bonds. The van der Waals surface area contributed by atoms with Crippen LogP contribution in [0.5, 0.6) is 0 Å². The van der Waals surface area contributed by atoms with Gasteiger partial charge in [0.25, 0.3) is 0 Å². The van der Waals surface area contributed by atoms with Gasteiger partial charge >= 0.3 is 0 Å². The highest BCUT2D eigenvalue weighted by atomic mass is 16.2. The Morgan fingerprint density at radius 2 is 1.73 bits per heavy atom. The van der Waals surface area contributed by atoms with Crippen molar-refractivity contribution in [1.82, 2.24) is 14.4 Å². The largest absolute Gasteiger partial charge is 0.351 e. The number of carbonyl (C=O) groups is 2. The normalized spacial score (nSPS) is 16.4. The lowest BCUT2D eigenvalue weighted by Crippen LogP contribution is -2.50. The molecule has 0 N–H and O–H groups in total. The number of Topliss-reactive ketones (excluding diaryl/α,β-unsaturated/α-hetero) is 1. The van der Waals surface area contributed by atoms with Crippen LogP contribution in [0.3, 0.4) is 0 Å². The molecule has 1 aliphatic rings. The molecule has 122 valence electrons. The van der Waals surface area contributed by atoms with E-state index in [-0.39, 0.29) is 17.6 Å². The van der Waals surface area contributed by atoms with Gasteiger partial charge in [0.05, 0.1) is 6.54 Å². The molecule has 0 spiro atoms. The number of nitrogens with zero attached hydrogens (tertiary/aromatic N) is 3. The molecule has 0 bridgehead atoms. The Balaban J connectivity index is 1.92. The summed E-state index contributed by atoms with van der Waals surface area (Å²) in [4.78, 5) is 28.5. The van der Waals surface area contributed by atoms with Gasteiger partial charge in [0.15, 0.2) is 5.78 Å². The van der Waals surface area contributed by atoms with Gasteiger partial charge in [-0.1, -0.05) is 13.8 Å². The molecule has 2 heterocycles. The summed E-state index contributed by atoms with van der Waals surface area (Å²) in [5, 5.41) is 0. The first-order valence-corrected chi connectivity index (χ1v) is 7.98. The van der Waals surface area contributed by atoms with Crippen LogP contribution in [0.15, 0.2) is 6.07 Å². The molecule has 1 fully saturated rings. The first-order valence-electron chi connectivity index (χ1n) is 7.98. The van der Waals surface area contributed by atoms with E-state index in [1.807, 2.05) is 50.3 Å². The van der Waals surface area contributed by atoms with E-state index in [0.29, 0.717) is 6.54 Å². The van der Waals surface area contributed by atoms with Crippen molar-refractivity contribution in [1.29, 1.82) is 0 Å². The highest BCUT2D eigenvalue weighted by Gasteiger charge is 2.24. The van der Waals surface area contributed by atoms with Crippen molar-refractivity contribution in [2.75, 3.05) is 32.7 Å². The fourth-order valence-corrected chi connectivity index (χ4v) is 2.92. The van der Waals surface area contributed by atoms with Gasteiger partial charge in [0.2, 0.25) is 5.91 Å². The minimum absolute atomic E-state index is 0.0446. The molecule has 5 heteroatoms. The molecule has 0 aliphatic carbocycles. The molecule has 1 aliphatic heterocycles. The maximum absolute atomic E-state index is 12.5. The first-order chi connectivity index (χ1) is 10.3. The Morgan fingerprint density at radius 1 is 1.14 bits per heavy atom. The highest BCUT2D eigenvalue weighted by Crippen LogP contribution is 2.15. The maximum atomic E-state index is 12.5. The van der Waals surface area contributed by atoms with E-state index in [0.717, 1.165) is 43.1 Å². The number of hydrogen-bond donors (Lipinski definition) is 0. The molecule has 2 rings (SSSR count). The minimum atomic E-state index is 0.0446. The van der Waals surface area contributed by atoms with Crippen LogP contribution in [0.25, 0.3) is 0 Å².